The second kappa shape index (κ2) is 4.90. The van der Waals surface area contributed by atoms with Gasteiger partial charge in [0.25, 0.3) is 0 Å². The molecule has 1 atom stereocenters. The summed E-state index contributed by atoms with van der Waals surface area (Å²) in [6.07, 6.45) is 0. The Bertz CT molecular complexity index is 317. The standard InChI is InChI=1S/C10H11NOS/c1-8(13)12-7-10-5-3-2-4-9(10)6-11/h2-5,8,13H,7H2,1H3. The van der Waals surface area contributed by atoms with Crippen molar-refractivity contribution in [1.82, 2.24) is 0 Å². The highest BCUT2D eigenvalue weighted by Crippen LogP contribution is 2.10. The van der Waals surface area contributed by atoms with E-state index in [0.29, 0.717) is 12.2 Å². The van der Waals surface area contributed by atoms with Gasteiger partial charge in [-0.2, -0.15) is 5.26 Å². The van der Waals surface area contributed by atoms with Crippen LogP contribution < -0.4 is 0 Å². The van der Waals surface area contributed by atoms with Gasteiger partial charge in [-0.05, 0) is 18.6 Å². The van der Waals surface area contributed by atoms with Crippen LogP contribution in [-0.4, -0.2) is 5.44 Å². The SMILES string of the molecule is CC(S)OCc1ccccc1C#N. The zero-order valence-corrected chi connectivity index (χ0v) is 8.29. The fraction of sp³-hybridized carbons (Fsp3) is 0.300. The highest BCUT2D eigenvalue weighted by molar-refractivity contribution is 7.80. The van der Waals surface area contributed by atoms with Gasteiger partial charge in [0, 0.05) is 0 Å². The molecule has 68 valence electrons. The molecule has 0 saturated carbocycles. The summed E-state index contributed by atoms with van der Waals surface area (Å²) in [5.41, 5.74) is 1.47. The van der Waals surface area contributed by atoms with Gasteiger partial charge in [-0.15, -0.1) is 12.6 Å². The average molecular weight is 193 g/mol. The predicted octanol–water partition coefficient (Wildman–Crippen LogP) is 2.35. The van der Waals surface area contributed by atoms with Gasteiger partial charge in [-0.1, -0.05) is 18.2 Å². The van der Waals surface area contributed by atoms with Gasteiger partial charge in [0.05, 0.1) is 23.7 Å². The van der Waals surface area contributed by atoms with Crippen LogP contribution in [0.3, 0.4) is 0 Å². The van der Waals surface area contributed by atoms with E-state index in [1.807, 2.05) is 25.1 Å². The molecule has 0 aliphatic carbocycles. The molecule has 0 aromatic heterocycles. The fourth-order valence-electron chi connectivity index (χ4n) is 0.966. The summed E-state index contributed by atoms with van der Waals surface area (Å²) in [7, 11) is 0. The van der Waals surface area contributed by atoms with E-state index in [4.69, 9.17) is 10.00 Å². The fourth-order valence-corrected chi connectivity index (χ4v) is 1.04. The Morgan fingerprint density at radius 1 is 1.54 bits per heavy atom. The Morgan fingerprint density at radius 2 is 2.23 bits per heavy atom. The number of benzene rings is 1. The smallest absolute Gasteiger partial charge is 0.0995 e. The van der Waals surface area contributed by atoms with Crippen LogP contribution in [0.5, 0.6) is 0 Å². The van der Waals surface area contributed by atoms with Crippen LogP contribution >= 0.6 is 12.6 Å². The molecule has 1 rings (SSSR count). The van der Waals surface area contributed by atoms with Crippen molar-refractivity contribution in [2.45, 2.75) is 19.0 Å². The molecule has 0 radical (unpaired) electrons. The molecule has 1 aromatic carbocycles. The molecule has 0 aliphatic rings. The summed E-state index contributed by atoms with van der Waals surface area (Å²) in [6, 6.07) is 9.51. The van der Waals surface area contributed by atoms with E-state index in [2.05, 4.69) is 18.7 Å². The minimum Gasteiger partial charge on any atom is -0.363 e. The van der Waals surface area contributed by atoms with Crippen molar-refractivity contribution in [2.24, 2.45) is 0 Å². The summed E-state index contributed by atoms with van der Waals surface area (Å²) in [6.45, 7) is 2.28. The Kier molecular flexibility index (Phi) is 3.81. The van der Waals surface area contributed by atoms with Crippen LogP contribution in [-0.2, 0) is 11.3 Å². The highest BCUT2D eigenvalue weighted by Gasteiger charge is 2.01. The number of ether oxygens (including phenoxy) is 1. The maximum absolute atomic E-state index is 8.76. The third-order valence-corrected chi connectivity index (χ3v) is 1.77. The van der Waals surface area contributed by atoms with Crippen LogP contribution in [0.15, 0.2) is 24.3 Å². The Labute approximate surface area is 83.6 Å². The van der Waals surface area contributed by atoms with Crippen molar-refractivity contribution in [3.05, 3.63) is 35.4 Å². The second-order valence-electron chi connectivity index (χ2n) is 2.68. The molecule has 0 fully saturated rings. The summed E-state index contributed by atoms with van der Waals surface area (Å²) >= 11 is 4.09. The Balaban J connectivity index is 2.71. The summed E-state index contributed by atoms with van der Waals surface area (Å²) in [4.78, 5) is 0. The largest absolute Gasteiger partial charge is 0.363 e. The molecular formula is C10H11NOS. The van der Waals surface area contributed by atoms with Gasteiger partial charge in [0.1, 0.15) is 0 Å². The van der Waals surface area contributed by atoms with Crippen LogP contribution in [0.1, 0.15) is 18.1 Å². The first-order valence-corrected chi connectivity index (χ1v) is 4.53. The van der Waals surface area contributed by atoms with Gasteiger partial charge in [0.2, 0.25) is 0 Å². The van der Waals surface area contributed by atoms with E-state index < -0.39 is 0 Å². The minimum atomic E-state index is -0.105. The molecule has 0 spiro atoms. The highest BCUT2D eigenvalue weighted by atomic mass is 32.1. The molecule has 0 aliphatic heterocycles. The monoisotopic (exact) mass is 193 g/mol. The lowest BCUT2D eigenvalue weighted by Gasteiger charge is -2.07. The maximum Gasteiger partial charge on any atom is 0.0995 e. The van der Waals surface area contributed by atoms with E-state index in [1.54, 1.807) is 6.07 Å². The molecule has 0 N–H and O–H groups in total. The quantitative estimate of drug-likeness (QED) is 0.590. The van der Waals surface area contributed by atoms with E-state index in [1.165, 1.54) is 0 Å². The first kappa shape index (κ1) is 10.1. The number of hydrogen-bond donors (Lipinski definition) is 1. The minimum absolute atomic E-state index is 0.105. The van der Waals surface area contributed by atoms with E-state index in [0.717, 1.165) is 5.56 Å². The van der Waals surface area contributed by atoms with Gasteiger partial charge >= 0.3 is 0 Å². The summed E-state index contributed by atoms with van der Waals surface area (Å²) < 4.78 is 5.28. The molecule has 0 heterocycles. The Morgan fingerprint density at radius 3 is 2.85 bits per heavy atom. The van der Waals surface area contributed by atoms with E-state index in [9.17, 15) is 0 Å². The van der Waals surface area contributed by atoms with Gasteiger partial charge in [0.15, 0.2) is 0 Å². The predicted molar refractivity (Wildman–Crippen MR) is 54.4 cm³/mol. The first-order valence-electron chi connectivity index (χ1n) is 4.01. The molecule has 2 nitrogen and oxygen atoms in total. The molecule has 3 heteroatoms. The van der Waals surface area contributed by atoms with Crippen LogP contribution in [0.4, 0.5) is 0 Å². The topological polar surface area (TPSA) is 33.0 Å². The molecule has 1 unspecified atom stereocenters. The van der Waals surface area contributed by atoms with Crippen molar-refractivity contribution >= 4 is 12.6 Å². The van der Waals surface area contributed by atoms with E-state index >= 15 is 0 Å². The van der Waals surface area contributed by atoms with E-state index in [-0.39, 0.29) is 5.44 Å². The number of nitriles is 1. The number of hydrogen-bond acceptors (Lipinski definition) is 3. The normalized spacial score (nSPS) is 12.1. The van der Waals surface area contributed by atoms with Crippen LogP contribution in [0.25, 0.3) is 0 Å². The average Bonchev–Trinajstić information content (AvgIpc) is 2.15. The number of nitrogens with zero attached hydrogens (tertiary/aromatic N) is 1. The molecule has 0 bridgehead atoms. The lowest BCUT2D eigenvalue weighted by molar-refractivity contribution is 0.111. The van der Waals surface area contributed by atoms with Crippen molar-refractivity contribution < 1.29 is 4.74 Å². The zero-order chi connectivity index (χ0) is 9.68. The molecular weight excluding hydrogens is 182 g/mol. The zero-order valence-electron chi connectivity index (χ0n) is 7.40. The number of thiol groups is 1. The lowest BCUT2D eigenvalue weighted by Crippen LogP contribution is -2.01. The summed E-state index contributed by atoms with van der Waals surface area (Å²) in [5.74, 6) is 0. The van der Waals surface area contributed by atoms with Crippen molar-refractivity contribution in [1.29, 1.82) is 5.26 Å². The second-order valence-corrected chi connectivity index (χ2v) is 3.41. The Hall–Kier alpha value is -0.980. The third-order valence-electron chi connectivity index (χ3n) is 1.62. The van der Waals surface area contributed by atoms with Gasteiger partial charge in [-0.3, -0.25) is 0 Å². The summed E-state index contributed by atoms with van der Waals surface area (Å²) in [5, 5.41) is 8.76. The van der Waals surface area contributed by atoms with Crippen molar-refractivity contribution in [3.63, 3.8) is 0 Å². The van der Waals surface area contributed by atoms with Gasteiger partial charge in [-0.25, -0.2) is 0 Å². The van der Waals surface area contributed by atoms with Crippen LogP contribution in [0, 0.1) is 11.3 Å². The molecule has 0 saturated heterocycles. The van der Waals surface area contributed by atoms with Crippen molar-refractivity contribution in [2.75, 3.05) is 0 Å². The maximum atomic E-state index is 8.76. The lowest BCUT2D eigenvalue weighted by atomic mass is 10.1. The third kappa shape index (κ3) is 3.10. The molecule has 13 heavy (non-hydrogen) atoms. The van der Waals surface area contributed by atoms with Crippen LogP contribution in [0.2, 0.25) is 0 Å². The first-order chi connectivity index (χ1) is 6.24. The van der Waals surface area contributed by atoms with Crippen molar-refractivity contribution in [3.8, 4) is 6.07 Å². The number of rotatable bonds is 3. The van der Waals surface area contributed by atoms with Gasteiger partial charge < -0.3 is 4.74 Å². The molecule has 1 aromatic rings. The molecule has 0 amide bonds.